The number of phenols is 2. The van der Waals surface area contributed by atoms with Crippen LogP contribution in [0.5, 0.6) is 23.0 Å². The first kappa shape index (κ1) is 25.4. The number of ketones is 1. The second-order valence-electron chi connectivity index (χ2n) is 6.75. The number of methoxy groups -OCH3 is 2. The van der Waals surface area contributed by atoms with Gasteiger partial charge in [0.1, 0.15) is 6.04 Å². The lowest BCUT2D eigenvalue weighted by atomic mass is 10.1. The van der Waals surface area contributed by atoms with E-state index >= 15 is 0 Å². The SMILES string of the molecule is COc1cc(/C=C/C(=O)/C=C(\C=C\c2ccc(O)c(OC)c2)NC(CS)C(=O)O)ccc1O. The molecule has 0 radical (unpaired) electrons. The van der Waals surface area contributed by atoms with Crippen LogP contribution in [-0.2, 0) is 9.59 Å². The van der Waals surface area contributed by atoms with E-state index in [0.29, 0.717) is 11.1 Å². The maximum Gasteiger partial charge on any atom is 0.326 e. The Bertz CT molecular complexity index is 1090. The highest BCUT2D eigenvalue weighted by atomic mass is 32.1. The molecule has 0 spiro atoms. The van der Waals surface area contributed by atoms with Gasteiger partial charge in [-0.25, -0.2) is 4.79 Å². The number of aliphatic carboxylic acids is 1. The molecule has 0 fully saturated rings. The van der Waals surface area contributed by atoms with Crippen LogP contribution in [0.25, 0.3) is 12.2 Å². The Hall–Kier alpha value is -3.85. The van der Waals surface area contributed by atoms with Crippen LogP contribution in [0.2, 0.25) is 0 Å². The van der Waals surface area contributed by atoms with Gasteiger partial charge in [0.2, 0.25) is 0 Å². The third-order valence-corrected chi connectivity index (χ3v) is 4.79. The van der Waals surface area contributed by atoms with Crippen molar-refractivity contribution in [2.75, 3.05) is 20.0 Å². The molecule has 174 valence electrons. The highest BCUT2D eigenvalue weighted by molar-refractivity contribution is 7.80. The lowest BCUT2D eigenvalue weighted by Gasteiger charge is -2.14. The molecular weight excluding hydrogens is 446 g/mol. The molecule has 0 aliphatic rings. The maximum absolute atomic E-state index is 12.5. The average molecular weight is 472 g/mol. The molecule has 2 aromatic carbocycles. The van der Waals surface area contributed by atoms with Crippen molar-refractivity contribution in [3.63, 3.8) is 0 Å². The van der Waals surface area contributed by atoms with Gasteiger partial charge in [-0.2, -0.15) is 12.6 Å². The van der Waals surface area contributed by atoms with E-state index in [2.05, 4.69) is 17.9 Å². The van der Waals surface area contributed by atoms with Gasteiger partial charge in [-0.3, -0.25) is 4.79 Å². The summed E-state index contributed by atoms with van der Waals surface area (Å²) >= 11 is 4.04. The fraction of sp³-hybridized carbons (Fsp3) is 0.167. The monoisotopic (exact) mass is 471 g/mol. The summed E-state index contributed by atoms with van der Waals surface area (Å²) in [4.78, 5) is 23.9. The van der Waals surface area contributed by atoms with Crippen LogP contribution in [-0.4, -0.2) is 53.1 Å². The normalized spacial score (nSPS) is 12.6. The number of rotatable bonds is 11. The van der Waals surface area contributed by atoms with Crippen LogP contribution in [0.3, 0.4) is 0 Å². The van der Waals surface area contributed by atoms with Crippen molar-refractivity contribution in [2.24, 2.45) is 0 Å². The second kappa shape index (κ2) is 12.3. The van der Waals surface area contributed by atoms with Crippen LogP contribution < -0.4 is 14.8 Å². The Labute approximate surface area is 196 Å². The molecule has 4 N–H and O–H groups in total. The smallest absolute Gasteiger partial charge is 0.326 e. The number of benzene rings is 2. The third kappa shape index (κ3) is 7.65. The summed E-state index contributed by atoms with van der Waals surface area (Å²) in [6.45, 7) is 0. The largest absolute Gasteiger partial charge is 0.504 e. The van der Waals surface area contributed by atoms with Gasteiger partial charge in [0.15, 0.2) is 28.8 Å². The molecule has 0 amide bonds. The molecule has 1 atom stereocenters. The van der Waals surface area contributed by atoms with E-state index in [4.69, 9.17) is 9.47 Å². The van der Waals surface area contributed by atoms with Gasteiger partial charge in [-0.15, -0.1) is 0 Å². The Morgan fingerprint density at radius 3 is 1.94 bits per heavy atom. The van der Waals surface area contributed by atoms with Gasteiger partial charge in [0.05, 0.1) is 14.2 Å². The molecule has 2 aromatic rings. The summed E-state index contributed by atoms with van der Waals surface area (Å²) in [7, 11) is 2.85. The number of ether oxygens (including phenoxy) is 2. The zero-order valence-corrected chi connectivity index (χ0v) is 19.0. The third-order valence-electron chi connectivity index (χ3n) is 4.42. The summed E-state index contributed by atoms with van der Waals surface area (Å²) in [5.74, 6) is -1.00. The maximum atomic E-state index is 12.5. The van der Waals surface area contributed by atoms with E-state index in [1.807, 2.05) is 0 Å². The number of aromatic hydroxyl groups is 2. The van der Waals surface area contributed by atoms with Gasteiger partial charge in [-0.1, -0.05) is 24.3 Å². The van der Waals surface area contributed by atoms with Gasteiger partial charge in [-0.05, 0) is 47.5 Å². The van der Waals surface area contributed by atoms with Crippen molar-refractivity contribution in [3.05, 3.63) is 71.5 Å². The second-order valence-corrected chi connectivity index (χ2v) is 7.11. The summed E-state index contributed by atoms with van der Waals surface area (Å²) in [5.41, 5.74) is 1.54. The number of hydrogen-bond acceptors (Lipinski definition) is 8. The van der Waals surface area contributed by atoms with Gasteiger partial charge >= 0.3 is 5.97 Å². The van der Waals surface area contributed by atoms with Crippen molar-refractivity contribution >= 4 is 36.5 Å². The Balaban J connectivity index is 2.29. The first-order chi connectivity index (χ1) is 15.8. The molecule has 0 saturated carbocycles. The summed E-state index contributed by atoms with van der Waals surface area (Å²) in [5, 5.41) is 31.5. The topological polar surface area (TPSA) is 125 Å². The molecule has 0 aliphatic heterocycles. The molecule has 0 saturated heterocycles. The molecular formula is C24H25NO7S. The standard InChI is InChI=1S/C24H25NO7S/c1-31-22-11-15(5-9-20(22)27)3-7-17(25-19(14-33)24(29)30)13-18(26)8-4-16-6-10-21(28)23(12-16)32-2/h3-13,19,25,27-28,33H,14H2,1-2H3,(H,29,30)/b7-3+,8-4+,17-13+. The van der Waals surface area contributed by atoms with Crippen molar-refractivity contribution in [1.29, 1.82) is 0 Å². The van der Waals surface area contributed by atoms with E-state index in [1.54, 1.807) is 42.5 Å². The van der Waals surface area contributed by atoms with Crippen LogP contribution >= 0.6 is 12.6 Å². The summed E-state index contributed by atoms with van der Waals surface area (Å²) < 4.78 is 10.1. The van der Waals surface area contributed by atoms with Gasteiger partial charge in [0.25, 0.3) is 0 Å². The molecule has 0 aromatic heterocycles. The predicted octanol–water partition coefficient (Wildman–Crippen LogP) is 3.27. The fourth-order valence-corrected chi connectivity index (χ4v) is 2.93. The van der Waals surface area contributed by atoms with Crippen LogP contribution in [0, 0.1) is 0 Å². The summed E-state index contributed by atoms with van der Waals surface area (Å²) in [6, 6.07) is 8.31. The average Bonchev–Trinajstić information content (AvgIpc) is 2.80. The summed E-state index contributed by atoms with van der Waals surface area (Å²) in [6.07, 6.45) is 7.28. The zero-order valence-electron chi connectivity index (χ0n) is 18.1. The van der Waals surface area contributed by atoms with Crippen molar-refractivity contribution in [2.45, 2.75) is 6.04 Å². The first-order valence-electron chi connectivity index (χ1n) is 9.73. The minimum absolute atomic E-state index is 0.00484. The van der Waals surface area contributed by atoms with Crippen LogP contribution in [0.4, 0.5) is 0 Å². The predicted molar refractivity (Wildman–Crippen MR) is 129 cm³/mol. The number of nitrogens with one attached hydrogen (secondary N) is 1. The number of allylic oxidation sites excluding steroid dienone is 3. The number of thiol groups is 1. The molecule has 33 heavy (non-hydrogen) atoms. The van der Waals surface area contributed by atoms with Crippen LogP contribution in [0.15, 0.2) is 60.3 Å². The number of hydrogen-bond donors (Lipinski definition) is 5. The molecule has 2 rings (SSSR count). The number of phenolic OH excluding ortho intramolecular Hbond substituents is 2. The van der Waals surface area contributed by atoms with E-state index in [9.17, 15) is 24.9 Å². The van der Waals surface area contributed by atoms with E-state index in [-0.39, 0.29) is 34.4 Å². The molecule has 9 heteroatoms. The van der Waals surface area contributed by atoms with Crippen molar-refractivity contribution in [1.82, 2.24) is 5.32 Å². The molecule has 8 nitrogen and oxygen atoms in total. The number of carboxylic acid groups (broad SMARTS) is 1. The Morgan fingerprint density at radius 2 is 1.48 bits per heavy atom. The quantitative estimate of drug-likeness (QED) is 0.192. The molecule has 1 unspecified atom stereocenters. The fourth-order valence-electron chi connectivity index (χ4n) is 2.69. The number of carboxylic acids is 1. The van der Waals surface area contributed by atoms with E-state index in [0.717, 1.165) is 0 Å². The minimum Gasteiger partial charge on any atom is -0.504 e. The zero-order chi connectivity index (χ0) is 24.4. The highest BCUT2D eigenvalue weighted by Crippen LogP contribution is 2.27. The Kier molecular flexibility index (Phi) is 9.44. The molecule has 0 heterocycles. The van der Waals surface area contributed by atoms with Crippen molar-refractivity contribution in [3.8, 4) is 23.0 Å². The molecule has 0 bridgehead atoms. The van der Waals surface area contributed by atoms with Gasteiger partial charge < -0.3 is 30.1 Å². The van der Waals surface area contributed by atoms with E-state index < -0.39 is 17.8 Å². The number of carbonyl (C=O) groups is 2. The highest BCUT2D eigenvalue weighted by Gasteiger charge is 2.15. The van der Waals surface area contributed by atoms with Crippen LogP contribution in [0.1, 0.15) is 11.1 Å². The lowest BCUT2D eigenvalue weighted by Crippen LogP contribution is -2.37. The van der Waals surface area contributed by atoms with E-state index in [1.165, 1.54) is 38.5 Å². The molecule has 0 aliphatic carbocycles. The Morgan fingerprint density at radius 1 is 0.970 bits per heavy atom. The number of carbonyl (C=O) groups excluding carboxylic acids is 1. The first-order valence-corrected chi connectivity index (χ1v) is 10.4. The van der Waals surface area contributed by atoms with Gasteiger partial charge in [0, 0.05) is 17.5 Å². The minimum atomic E-state index is -1.12. The van der Waals surface area contributed by atoms with Crippen molar-refractivity contribution < 1.29 is 34.4 Å². The lowest BCUT2D eigenvalue weighted by molar-refractivity contribution is -0.138.